The maximum Gasteiger partial charge on any atom is 0.246 e. The van der Waals surface area contributed by atoms with Crippen LogP contribution in [-0.4, -0.2) is 59.7 Å². The number of amides is 3. The van der Waals surface area contributed by atoms with Crippen molar-refractivity contribution in [2.75, 3.05) is 26.2 Å². The van der Waals surface area contributed by atoms with Crippen LogP contribution in [0.4, 0.5) is 0 Å². The van der Waals surface area contributed by atoms with Gasteiger partial charge in [0.1, 0.15) is 30.8 Å². The Balaban J connectivity index is 1.40. The Morgan fingerprint density at radius 1 is 0.745 bits per heavy atom. The molecule has 1 fully saturated rings. The summed E-state index contributed by atoms with van der Waals surface area (Å²) in [7, 11) is 0. The molecule has 47 heavy (non-hydrogen) atoms. The Morgan fingerprint density at radius 2 is 1.30 bits per heavy atom. The van der Waals surface area contributed by atoms with E-state index in [0.717, 1.165) is 17.7 Å². The Morgan fingerprint density at radius 3 is 1.85 bits per heavy atom. The number of primary amides is 1. The quantitative estimate of drug-likeness (QED) is 0.209. The van der Waals surface area contributed by atoms with Crippen LogP contribution in [0.15, 0.2) is 109 Å². The first-order valence-electron chi connectivity index (χ1n) is 16.0. The third kappa shape index (κ3) is 9.20. The third-order valence-electron chi connectivity index (χ3n) is 8.28. The normalized spacial score (nSPS) is 14.5. The van der Waals surface area contributed by atoms with Gasteiger partial charge in [0, 0.05) is 50.8 Å². The standard InChI is InChI=1S/C38H42N4O5/c1-2-34(43)40-36(38(45)42-22-20-41(21-23-42)25-28-12-6-3-7-13-28)35(37(39)44)32-19-18-31(46-26-29-14-8-4-9-15-29)24-33(32)47-27-30-16-10-5-11-17-30/h3-19,24,35-36H,2,20-23,25-27H2,1H3,(H2,39,44)(H,40,43)/t35?,36-/m0/s1. The fourth-order valence-corrected chi connectivity index (χ4v) is 5.69. The second-order valence-electron chi connectivity index (χ2n) is 11.6. The van der Waals surface area contributed by atoms with Gasteiger partial charge < -0.3 is 25.4 Å². The van der Waals surface area contributed by atoms with Crippen molar-refractivity contribution in [2.45, 2.75) is 45.1 Å². The predicted molar refractivity (Wildman–Crippen MR) is 180 cm³/mol. The zero-order valence-electron chi connectivity index (χ0n) is 26.7. The largest absolute Gasteiger partial charge is 0.489 e. The summed E-state index contributed by atoms with van der Waals surface area (Å²) in [6, 6.07) is 33.5. The monoisotopic (exact) mass is 634 g/mol. The van der Waals surface area contributed by atoms with Gasteiger partial charge in [0.05, 0.1) is 5.92 Å². The first-order valence-corrected chi connectivity index (χ1v) is 16.0. The molecule has 0 bridgehead atoms. The number of carbonyl (C=O) groups excluding carboxylic acids is 3. The topological polar surface area (TPSA) is 114 Å². The molecule has 9 heteroatoms. The molecule has 1 unspecified atom stereocenters. The van der Waals surface area contributed by atoms with Crippen molar-refractivity contribution >= 4 is 17.7 Å². The van der Waals surface area contributed by atoms with Crippen LogP contribution >= 0.6 is 0 Å². The Kier molecular flexibility index (Phi) is 11.6. The molecule has 2 atom stereocenters. The number of nitrogens with zero attached hydrogens (tertiary/aromatic N) is 2. The molecule has 3 N–H and O–H groups in total. The highest BCUT2D eigenvalue weighted by Crippen LogP contribution is 2.34. The molecular weight excluding hydrogens is 592 g/mol. The molecule has 0 radical (unpaired) electrons. The van der Waals surface area contributed by atoms with Crippen LogP contribution < -0.4 is 20.5 Å². The molecule has 3 amide bonds. The molecule has 0 aromatic heterocycles. The minimum absolute atomic E-state index is 0.143. The molecule has 0 aliphatic carbocycles. The van der Waals surface area contributed by atoms with E-state index in [2.05, 4.69) is 22.3 Å². The number of benzene rings is 4. The zero-order chi connectivity index (χ0) is 33.0. The van der Waals surface area contributed by atoms with E-state index in [-0.39, 0.29) is 24.8 Å². The highest BCUT2D eigenvalue weighted by molar-refractivity contribution is 5.96. The van der Waals surface area contributed by atoms with Crippen LogP contribution in [0.5, 0.6) is 11.5 Å². The number of piperazine rings is 1. The maximum absolute atomic E-state index is 14.2. The van der Waals surface area contributed by atoms with Crippen molar-refractivity contribution < 1.29 is 23.9 Å². The minimum Gasteiger partial charge on any atom is -0.489 e. The van der Waals surface area contributed by atoms with Crippen molar-refractivity contribution in [3.8, 4) is 11.5 Å². The second-order valence-corrected chi connectivity index (χ2v) is 11.6. The lowest BCUT2D eigenvalue weighted by Crippen LogP contribution is -2.57. The van der Waals surface area contributed by atoms with E-state index in [1.165, 1.54) is 5.56 Å². The van der Waals surface area contributed by atoms with Crippen LogP contribution in [0.1, 0.15) is 41.5 Å². The first kappa shape index (κ1) is 33.2. The molecule has 244 valence electrons. The van der Waals surface area contributed by atoms with Crippen LogP contribution in [0.3, 0.4) is 0 Å². The summed E-state index contributed by atoms with van der Waals surface area (Å²) in [5.41, 5.74) is 9.57. The lowest BCUT2D eigenvalue weighted by atomic mass is 9.88. The number of nitrogens with one attached hydrogen (secondary N) is 1. The van der Waals surface area contributed by atoms with Gasteiger partial charge in [-0.3, -0.25) is 19.3 Å². The van der Waals surface area contributed by atoms with E-state index in [4.69, 9.17) is 15.2 Å². The van der Waals surface area contributed by atoms with Gasteiger partial charge in [0.25, 0.3) is 0 Å². The summed E-state index contributed by atoms with van der Waals surface area (Å²) < 4.78 is 12.4. The van der Waals surface area contributed by atoms with Gasteiger partial charge in [-0.1, -0.05) is 104 Å². The molecule has 1 saturated heterocycles. The van der Waals surface area contributed by atoms with E-state index in [1.807, 2.05) is 78.9 Å². The molecule has 1 heterocycles. The molecule has 5 rings (SSSR count). The minimum atomic E-state index is -1.21. The van der Waals surface area contributed by atoms with E-state index in [1.54, 1.807) is 30.0 Å². The van der Waals surface area contributed by atoms with Gasteiger partial charge in [0.2, 0.25) is 17.7 Å². The van der Waals surface area contributed by atoms with Gasteiger partial charge in [-0.15, -0.1) is 0 Å². The number of hydrogen-bond donors (Lipinski definition) is 2. The number of carbonyl (C=O) groups is 3. The number of hydrogen-bond acceptors (Lipinski definition) is 6. The van der Waals surface area contributed by atoms with Gasteiger partial charge in [0.15, 0.2) is 0 Å². The van der Waals surface area contributed by atoms with Gasteiger partial charge in [-0.25, -0.2) is 0 Å². The smallest absolute Gasteiger partial charge is 0.246 e. The Bertz CT molecular complexity index is 1610. The summed E-state index contributed by atoms with van der Waals surface area (Å²) in [5, 5.41) is 2.83. The summed E-state index contributed by atoms with van der Waals surface area (Å²) in [5.74, 6) is -1.77. The van der Waals surface area contributed by atoms with Crippen molar-refractivity contribution in [1.29, 1.82) is 0 Å². The van der Waals surface area contributed by atoms with E-state index >= 15 is 0 Å². The van der Waals surface area contributed by atoms with Crippen molar-refractivity contribution in [3.63, 3.8) is 0 Å². The predicted octanol–water partition coefficient (Wildman–Crippen LogP) is 4.65. The Hall–Kier alpha value is -5.15. The zero-order valence-corrected chi connectivity index (χ0v) is 26.7. The van der Waals surface area contributed by atoms with Crippen molar-refractivity contribution in [3.05, 3.63) is 131 Å². The first-order chi connectivity index (χ1) is 22.9. The van der Waals surface area contributed by atoms with E-state index in [0.29, 0.717) is 49.8 Å². The van der Waals surface area contributed by atoms with Crippen LogP contribution in [-0.2, 0) is 34.1 Å². The molecule has 4 aromatic rings. The van der Waals surface area contributed by atoms with E-state index < -0.39 is 17.9 Å². The average Bonchev–Trinajstić information content (AvgIpc) is 3.11. The lowest BCUT2D eigenvalue weighted by molar-refractivity contribution is -0.140. The number of ether oxygens (including phenoxy) is 2. The number of rotatable bonds is 14. The van der Waals surface area contributed by atoms with Crippen LogP contribution in [0, 0.1) is 0 Å². The average molecular weight is 635 g/mol. The van der Waals surface area contributed by atoms with E-state index in [9.17, 15) is 14.4 Å². The van der Waals surface area contributed by atoms with Crippen molar-refractivity contribution in [2.24, 2.45) is 5.73 Å². The second kappa shape index (κ2) is 16.4. The molecule has 9 nitrogen and oxygen atoms in total. The fraction of sp³-hybridized carbons (Fsp3) is 0.289. The molecule has 0 saturated carbocycles. The maximum atomic E-state index is 14.2. The van der Waals surface area contributed by atoms with Crippen LogP contribution in [0.25, 0.3) is 0 Å². The van der Waals surface area contributed by atoms with Crippen molar-refractivity contribution in [1.82, 2.24) is 15.1 Å². The Labute approximate surface area is 276 Å². The molecular formula is C38H42N4O5. The molecule has 1 aliphatic heterocycles. The third-order valence-corrected chi connectivity index (χ3v) is 8.28. The summed E-state index contributed by atoms with van der Waals surface area (Å²) in [6.45, 7) is 5.27. The lowest BCUT2D eigenvalue weighted by Gasteiger charge is -2.38. The SMILES string of the molecule is CCC(=O)N[C@H](C(=O)N1CCN(Cc2ccccc2)CC1)C(C(N)=O)c1ccc(OCc2ccccc2)cc1OCc1ccccc1. The summed E-state index contributed by atoms with van der Waals surface area (Å²) in [6.07, 6.45) is 0.143. The highest BCUT2D eigenvalue weighted by Gasteiger charge is 2.39. The molecule has 0 spiro atoms. The summed E-state index contributed by atoms with van der Waals surface area (Å²) in [4.78, 5) is 44.2. The van der Waals surface area contributed by atoms with Gasteiger partial charge in [-0.2, -0.15) is 0 Å². The fourth-order valence-electron chi connectivity index (χ4n) is 5.69. The van der Waals surface area contributed by atoms with Crippen LogP contribution in [0.2, 0.25) is 0 Å². The number of nitrogens with two attached hydrogens (primary N) is 1. The van der Waals surface area contributed by atoms with Gasteiger partial charge in [-0.05, 0) is 22.8 Å². The highest BCUT2D eigenvalue weighted by atomic mass is 16.5. The van der Waals surface area contributed by atoms with Gasteiger partial charge >= 0.3 is 0 Å². The molecule has 1 aliphatic rings. The molecule has 4 aromatic carbocycles. The summed E-state index contributed by atoms with van der Waals surface area (Å²) >= 11 is 0.